The molecule has 1 unspecified atom stereocenters. The molecule has 6 heteroatoms. The fourth-order valence-corrected chi connectivity index (χ4v) is 2.97. The van der Waals surface area contributed by atoms with E-state index in [1.165, 1.54) is 0 Å². The van der Waals surface area contributed by atoms with Crippen LogP contribution in [0.4, 0.5) is 0 Å². The molecule has 0 saturated carbocycles. The van der Waals surface area contributed by atoms with Crippen molar-refractivity contribution in [3.63, 3.8) is 0 Å². The highest BCUT2D eigenvalue weighted by molar-refractivity contribution is 5.75. The average Bonchev–Trinajstić information content (AvgIpc) is 3.10. The number of ether oxygens (including phenoxy) is 3. The SMILES string of the molecule is O=C(OCc1ccccc1)[C@H]1COC(CCCN2CCNCC2)O1. The summed E-state index contributed by atoms with van der Waals surface area (Å²) in [5, 5.41) is 3.35. The van der Waals surface area contributed by atoms with Gasteiger partial charge in [-0.15, -0.1) is 0 Å². The standard InChI is InChI=1S/C18H26N2O4/c21-18(23-13-15-5-2-1-3-6-15)16-14-22-17(24-16)7-4-10-20-11-8-19-9-12-20/h1-3,5-6,16-17,19H,4,7-14H2/t16-,17?/m1/s1. The van der Waals surface area contributed by atoms with E-state index < -0.39 is 6.10 Å². The summed E-state index contributed by atoms with van der Waals surface area (Å²) in [6.07, 6.45) is 0.933. The first-order chi connectivity index (χ1) is 11.8. The molecule has 1 aromatic carbocycles. The molecule has 2 atom stereocenters. The van der Waals surface area contributed by atoms with Gasteiger partial charge in [-0.05, 0) is 24.9 Å². The minimum atomic E-state index is -0.599. The smallest absolute Gasteiger partial charge is 0.338 e. The highest BCUT2D eigenvalue weighted by Crippen LogP contribution is 2.18. The van der Waals surface area contributed by atoms with E-state index in [9.17, 15) is 4.79 Å². The van der Waals surface area contributed by atoms with E-state index in [2.05, 4.69) is 10.2 Å². The highest BCUT2D eigenvalue weighted by atomic mass is 16.7. The molecular formula is C18H26N2O4. The number of hydrogen-bond donors (Lipinski definition) is 1. The predicted molar refractivity (Wildman–Crippen MR) is 89.4 cm³/mol. The third-order valence-electron chi connectivity index (χ3n) is 4.36. The molecule has 1 N–H and O–H groups in total. The van der Waals surface area contributed by atoms with Crippen LogP contribution in [0.15, 0.2) is 30.3 Å². The number of nitrogens with zero attached hydrogens (tertiary/aromatic N) is 1. The van der Waals surface area contributed by atoms with Gasteiger partial charge in [-0.1, -0.05) is 30.3 Å². The number of benzene rings is 1. The van der Waals surface area contributed by atoms with E-state index in [-0.39, 0.29) is 25.5 Å². The molecule has 1 aromatic rings. The van der Waals surface area contributed by atoms with Gasteiger partial charge in [0.15, 0.2) is 12.4 Å². The largest absolute Gasteiger partial charge is 0.459 e. The van der Waals surface area contributed by atoms with Gasteiger partial charge in [0, 0.05) is 26.2 Å². The van der Waals surface area contributed by atoms with Crippen molar-refractivity contribution >= 4 is 5.97 Å². The summed E-state index contributed by atoms with van der Waals surface area (Å²) in [4.78, 5) is 14.5. The molecule has 0 amide bonds. The Balaban J connectivity index is 1.31. The lowest BCUT2D eigenvalue weighted by atomic mass is 10.2. The fourth-order valence-electron chi connectivity index (χ4n) is 2.97. The van der Waals surface area contributed by atoms with Crippen LogP contribution in [0.3, 0.4) is 0 Å². The van der Waals surface area contributed by atoms with Gasteiger partial charge in [-0.3, -0.25) is 0 Å². The third-order valence-corrected chi connectivity index (χ3v) is 4.36. The van der Waals surface area contributed by atoms with Crippen LogP contribution >= 0.6 is 0 Å². The van der Waals surface area contributed by atoms with Gasteiger partial charge in [0.1, 0.15) is 6.61 Å². The van der Waals surface area contributed by atoms with Crippen LogP contribution in [0, 0.1) is 0 Å². The maximum atomic E-state index is 12.0. The molecule has 2 fully saturated rings. The van der Waals surface area contributed by atoms with Gasteiger partial charge < -0.3 is 24.4 Å². The van der Waals surface area contributed by atoms with Gasteiger partial charge in [-0.2, -0.15) is 0 Å². The van der Waals surface area contributed by atoms with E-state index in [1.54, 1.807) is 0 Å². The monoisotopic (exact) mass is 334 g/mol. The number of esters is 1. The molecule has 2 aliphatic rings. The van der Waals surface area contributed by atoms with Gasteiger partial charge in [0.05, 0.1) is 6.61 Å². The molecule has 0 aliphatic carbocycles. The molecule has 0 bridgehead atoms. The Hall–Kier alpha value is -1.47. The topological polar surface area (TPSA) is 60.0 Å². The van der Waals surface area contributed by atoms with Crippen LogP contribution in [0.25, 0.3) is 0 Å². The Bertz CT molecular complexity index is 505. The quantitative estimate of drug-likeness (QED) is 0.755. The van der Waals surface area contributed by atoms with Crippen LogP contribution in [0.5, 0.6) is 0 Å². The predicted octanol–water partition coefficient (Wildman–Crippen LogP) is 1.16. The van der Waals surface area contributed by atoms with Crippen LogP contribution in [-0.2, 0) is 25.6 Å². The first kappa shape index (κ1) is 17.4. The lowest BCUT2D eigenvalue weighted by molar-refractivity contribution is -0.158. The summed E-state index contributed by atoms with van der Waals surface area (Å²) < 4.78 is 16.5. The number of nitrogens with one attached hydrogen (secondary N) is 1. The maximum Gasteiger partial charge on any atom is 0.338 e. The molecule has 2 heterocycles. The molecule has 3 rings (SSSR count). The summed E-state index contributed by atoms with van der Waals surface area (Å²) in [6, 6.07) is 9.64. The van der Waals surface area contributed by atoms with Crippen molar-refractivity contribution in [1.29, 1.82) is 0 Å². The normalized spacial score (nSPS) is 24.8. The molecule has 2 saturated heterocycles. The van der Waals surface area contributed by atoms with E-state index in [4.69, 9.17) is 14.2 Å². The lowest BCUT2D eigenvalue weighted by Gasteiger charge is -2.27. The number of carbonyl (C=O) groups excluding carboxylic acids is 1. The summed E-state index contributed by atoms with van der Waals surface area (Å²) in [7, 11) is 0. The van der Waals surface area contributed by atoms with Crippen molar-refractivity contribution < 1.29 is 19.0 Å². The van der Waals surface area contributed by atoms with E-state index in [0.29, 0.717) is 0 Å². The number of rotatable bonds is 7. The van der Waals surface area contributed by atoms with Crippen molar-refractivity contribution in [2.75, 3.05) is 39.3 Å². The zero-order chi connectivity index (χ0) is 16.6. The fraction of sp³-hybridized carbons (Fsp3) is 0.611. The Labute approximate surface area is 143 Å². The summed E-state index contributed by atoms with van der Waals surface area (Å²) in [6.45, 7) is 5.92. The third kappa shape index (κ3) is 5.27. The Kier molecular flexibility index (Phi) is 6.60. The summed E-state index contributed by atoms with van der Waals surface area (Å²) in [5.41, 5.74) is 0.970. The number of carbonyl (C=O) groups is 1. The summed E-state index contributed by atoms with van der Waals surface area (Å²) >= 11 is 0. The summed E-state index contributed by atoms with van der Waals surface area (Å²) in [5.74, 6) is -0.344. The first-order valence-electron chi connectivity index (χ1n) is 8.72. The van der Waals surface area contributed by atoms with Gasteiger partial charge in [0.25, 0.3) is 0 Å². The maximum absolute atomic E-state index is 12.0. The molecule has 0 aromatic heterocycles. The van der Waals surface area contributed by atoms with Crippen LogP contribution in [-0.4, -0.2) is 62.6 Å². The zero-order valence-electron chi connectivity index (χ0n) is 14.0. The van der Waals surface area contributed by atoms with E-state index in [1.807, 2.05) is 30.3 Å². The molecule has 24 heavy (non-hydrogen) atoms. The van der Waals surface area contributed by atoms with E-state index >= 15 is 0 Å². The lowest BCUT2D eigenvalue weighted by Crippen LogP contribution is -2.43. The second-order valence-electron chi connectivity index (χ2n) is 6.21. The molecule has 0 radical (unpaired) electrons. The molecule has 6 nitrogen and oxygen atoms in total. The Morgan fingerprint density at radius 3 is 2.83 bits per heavy atom. The minimum absolute atomic E-state index is 0.271. The number of hydrogen-bond acceptors (Lipinski definition) is 6. The molecular weight excluding hydrogens is 308 g/mol. The van der Waals surface area contributed by atoms with Gasteiger partial charge >= 0.3 is 5.97 Å². The highest BCUT2D eigenvalue weighted by Gasteiger charge is 2.32. The van der Waals surface area contributed by atoms with Crippen molar-refractivity contribution in [3.8, 4) is 0 Å². The van der Waals surface area contributed by atoms with E-state index in [0.717, 1.165) is 51.1 Å². The Morgan fingerprint density at radius 1 is 1.25 bits per heavy atom. The average molecular weight is 334 g/mol. The van der Waals surface area contributed by atoms with Gasteiger partial charge in [-0.25, -0.2) is 4.79 Å². The Morgan fingerprint density at radius 2 is 2.04 bits per heavy atom. The minimum Gasteiger partial charge on any atom is -0.459 e. The van der Waals surface area contributed by atoms with Crippen molar-refractivity contribution in [3.05, 3.63) is 35.9 Å². The second-order valence-corrected chi connectivity index (χ2v) is 6.21. The molecule has 0 spiro atoms. The van der Waals surface area contributed by atoms with Crippen molar-refractivity contribution in [2.45, 2.75) is 31.8 Å². The molecule has 132 valence electrons. The first-order valence-corrected chi connectivity index (χ1v) is 8.72. The number of piperazine rings is 1. The van der Waals surface area contributed by atoms with Crippen LogP contribution in [0.1, 0.15) is 18.4 Å². The second kappa shape index (κ2) is 9.13. The van der Waals surface area contributed by atoms with Crippen LogP contribution in [0.2, 0.25) is 0 Å². The van der Waals surface area contributed by atoms with Crippen molar-refractivity contribution in [2.24, 2.45) is 0 Å². The van der Waals surface area contributed by atoms with Crippen LogP contribution < -0.4 is 5.32 Å². The van der Waals surface area contributed by atoms with Gasteiger partial charge in [0.2, 0.25) is 0 Å². The van der Waals surface area contributed by atoms with Crippen molar-refractivity contribution in [1.82, 2.24) is 10.2 Å². The zero-order valence-corrected chi connectivity index (χ0v) is 14.0. The molecule has 2 aliphatic heterocycles.